The van der Waals surface area contributed by atoms with Gasteiger partial charge in [-0.25, -0.2) is 4.98 Å². The van der Waals surface area contributed by atoms with Gasteiger partial charge in [-0.3, -0.25) is 4.79 Å². The van der Waals surface area contributed by atoms with Gasteiger partial charge in [0.2, 0.25) is 16.9 Å². The summed E-state index contributed by atoms with van der Waals surface area (Å²) in [7, 11) is 0. The molecule has 0 bridgehead atoms. The van der Waals surface area contributed by atoms with Crippen molar-refractivity contribution in [1.82, 2.24) is 15.2 Å². The minimum atomic E-state index is -0.813. The lowest BCUT2D eigenvalue weighted by Crippen LogP contribution is -2.38. The first-order valence-corrected chi connectivity index (χ1v) is 12.2. The van der Waals surface area contributed by atoms with E-state index in [1.807, 2.05) is 62.4 Å². The van der Waals surface area contributed by atoms with Gasteiger partial charge >= 0.3 is 0 Å². The Labute approximate surface area is 206 Å². The molecule has 6 nitrogen and oxygen atoms in total. The number of ether oxygens (including phenoxy) is 1. The van der Waals surface area contributed by atoms with Crippen molar-refractivity contribution >= 4 is 33.1 Å². The summed E-state index contributed by atoms with van der Waals surface area (Å²) in [6, 6.07) is 26.5. The van der Waals surface area contributed by atoms with Crippen LogP contribution in [0.2, 0.25) is 0 Å². The number of hydrogen-bond donors (Lipinski definition) is 1. The Balaban J connectivity index is 1.43. The Morgan fingerprint density at radius 2 is 1.74 bits per heavy atom. The average molecular weight is 479 g/mol. The zero-order valence-electron chi connectivity index (χ0n) is 19.2. The topological polar surface area (TPSA) is 77.0 Å². The molecule has 35 heavy (non-hydrogen) atoms. The van der Waals surface area contributed by atoms with Crippen LogP contribution in [0.3, 0.4) is 0 Å². The quantitative estimate of drug-likeness (QED) is 0.313. The Morgan fingerprint density at radius 1 is 0.943 bits per heavy atom. The molecule has 0 spiro atoms. The summed E-state index contributed by atoms with van der Waals surface area (Å²) in [6.45, 7) is 3.88. The minimum absolute atomic E-state index is 0.138. The summed E-state index contributed by atoms with van der Waals surface area (Å²) >= 11 is 1.29. The number of fused-ring (bicyclic) bond motifs is 3. The van der Waals surface area contributed by atoms with E-state index in [9.17, 15) is 4.79 Å². The fourth-order valence-corrected chi connectivity index (χ4v) is 5.18. The lowest BCUT2D eigenvalue weighted by Gasteiger charge is -2.37. The van der Waals surface area contributed by atoms with Gasteiger partial charge in [0, 0.05) is 22.6 Å². The van der Waals surface area contributed by atoms with Crippen molar-refractivity contribution in [3.05, 3.63) is 95.5 Å². The van der Waals surface area contributed by atoms with Gasteiger partial charge in [0.25, 0.3) is 0 Å². The molecule has 1 aliphatic rings. The van der Waals surface area contributed by atoms with Crippen LogP contribution in [0.5, 0.6) is 11.6 Å². The third-order valence-electron chi connectivity index (χ3n) is 6.57. The van der Waals surface area contributed by atoms with Crippen molar-refractivity contribution in [1.29, 1.82) is 0 Å². The van der Waals surface area contributed by atoms with E-state index in [2.05, 4.69) is 45.8 Å². The van der Waals surface area contributed by atoms with E-state index in [0.29, 0.717) is 16.8 Å². The molecular formula is C28H22N4O2S. The van der Waals surface area contributed by atoms with Gasteiger partial charge in [0.15, 0.2) is 0 Å². The van der Waals surface area contributed by atoms with Crippen LogP contribution < -0.4 is 10.1 Å². The number of carbonyl (C=O) groups excluding carboxylic acids is 1. The average Bonchev–Trinajstić information content (AvgIpc) is 3.39. The third-order valence-corrected chi connectivity index (χ3v) is 7.18. The van der Waals surface area contributed by atoms with Crippen molar-refractivity contribution in [2.24, 2.45) is 5.41 Å². The van der Waals surface area contributed by atoms with Gasteiger partial charge in [0.05, 0.1) is 11.1 Å². The number of rotatable bonds is 4. The highest BCUT2D eigenvalue weighted by molar-refractivity contribution is 7.13. The Morgan fingerprint density at radius 3 is 2.57 bits per heavy atom. The molecule has 7 heteroatoms. The molecule has 0 saturated heterocycles. The molecular weight excluding hydrogens is 456 g/mol. The molecule has 3 aromatic carbocycles. The molecule has 2 aromatic heterocycles. The summed E-state index contributed by atoms with van der Waals surface area (Å²) in [5.41, 5.74) is 4.46. The largest absolute Gasteiger partial charge is 0.438 e. The first kappa shape index (κ1) is 21.4. The van der Waals surface area contributed by atoms with Gasteiger partial charge in [-0.1, -0.05) is 85.8 Å². The van der Waals surface area contributed by atoms with Crippen LogP contribution in [0, 0.1) is 5.41 Å². The summed E-state index contributed by atoms with van der Waals surface area (Å²) in [4.78, 5) is 18.3. The molecule has 6 rings (SSSR count). The van der Waals surface area contributed by atoms with Crippen LogP contribution in [0.1, 0.15) is 30.9 Å². The normalized spacial score (nSPS) is 14.6. The van der Waals surface area contributed by atoms with Crippen LogP contribution in [-0.2, 0) is 4.79 Å². The van der Waals surface area contributed by atoms with Crippen molar-refractivity contribution in [3.63, 3.8) is 0 Å². The number of hydrogen-bond acceptors (Lipinski definition) is 6. The molecule has 1 N–H and O–H groups in total. The summed E-state index contributed by atoms with van der Waals surface area (Å²) in [6.07, 6.45) is 0. The van der Waals surface area contributed by atoms with Gasteiger partial charge in [-0.05, 0) is 29.0 Å². The highest BCUT2D eigenvalue weighted by Crippen LogP contribution is 2.52. The SMILES string of the molecule is CC(C)(C(=O)Nc1nncs1)[C@H]1c2ccccc2Oc2nc(-c3ccc4ccccc4c3)ccc21. The predicted molar refractivity (Wildman–Crippen MR) is 138 cm³/mol. The van der Waals surface area contributed by atoms with E-state index in [0.717, 1.165) is 27.8 Å². The zero-order valence-corrected chi connectivity index (χ0v) is 20.0. The van der Waals surface area contributed by atoms with Crippen LogP contribution >= 0.6 is 11.3 Å². The number of carbonyl (C=O) groups is 1. The molecule has 1 amide bonds. The summed E-state index contributed by atoms with van der Waals surface area (Å²) < 4.78 is 6.27. The molecule has 1 atom stereocenters. The number of benzene rings is 3. The molecule has 172 valence electrons. The maximum Gasteiger partial charge on any atom is 0.232 e. The van der Waals surface area contributed by atoms with Crippen LogP contribution in [0.15, 0.2) is 84.4 Å². The number of aromatic nitrogens is 3. The monoisotopic (exact) mass is 478 g/mol. The summed E-state index contributed by atoms with van der Waals surface area (Å²) in [5, 5.41) is 13.5. The van der Waals surface area contributed by atoms with Gasteiger partial charge in [-0.15, -0.1) is 10.2 Å². The minimum Gasteiger partial charge on any atom is -0.438 e. The number of anilines is 1. The maximum atomic E-state index is 13.4. The van der Waals surface area contributed by atoms with Crippen LogP contribution in [-0.4, -0.2) is 21.1 Å². The number of nitrogens with one attached hydrogen (secondary N) is 1. The predicted octanol–water partition coefficient (Wildman–Crippen LogP) is 6.66. The second-order valence-electron chi connectivity index (χ2n) is 9.15. The first-order chi connectivity index (χ1) is 17.0. The van der Waals surface area contributed by atoms with E-state index in [1.54, 1.807) is 5.51 Å². The Bertz CT molecular complexity index is 1560. The smallest absolute Gasteiger partial charge is 0.232 e. The number of pyridine rings is 1. The fraction of sp³-hybridized carbons (Fsp3) is 0.143. The second-order valence-corrected chi connectivity index (χ2v) is 9.98. The maximum absolute atomic E-state index is 13.4. The lowest BCUT2D eigenvalue weighted by atomic mass is 9.69. The molecule has 3 heterocycles. The van der Waals surface area contributed by atoms with Crippen molar-refractivity contribution in [2.45, 2.75) is 19.8 Å². The standard InChI is InChI=1S/C28H22N4O2S/c1-28(2,26(33)31-27-32-29-16-35-27)24-20-9-5-6-10-23(20)34-25-21(24)13-14-22(30-25)19-12-11-17-7-3-4-8-18(17)15-19/h3-16,24H,1-2H3,(H,31,32,33)/t24-/m0/s1. The summed E-state index contributed by atoms with van der Waals surface area (Å²) in [5.74, 6) is 0.843. The molecule has 5 aromatic rings. The van der Waals surface area contributed by atoms with Crippen molar-refractivity contribution in [3.8, 4) is 22.9 Å². The van der Waals surface area contributed by atoms with Crippen molar-refractivity contribution in [2.75, 3.05) is 5.32 Å². The van der Waals surface area contributed by atoms with E-state index < -0.39 is 5.41 Å². The molecule has 0 aliphatic carbocycles. The number of nitrogens with zero attached hydrogens (tertiary/aromatic N) is 3. The van der Waals surface area contributed by atoms with Crippen molar-refractivity contribution < 1.29 is 9.53 Å². The molecule has 0 unspecified atom stereocenters. The number of para-hydroxylation sites is 1. The highest BCUT2D eigenvalue weighted by Gasteiger charge is 2.44. The zero-order chi connectivity index (χ0) is 24.0. The van der Waals surface area contributed by atoms with E-state index in [1.165, 1.54) is 16.7 Å². The third kappa shape index (κ3) is 3.74. The number of amides is 1. The van der Waals surface area contributed by atoms with Gasteiger partial charge in [-0.2, -0.15) is 0 Å². The van der Waals surface area contributed by atoms with Crippen LogP contribution in [0.25, 0.3) is 22.0 Å². The Kier molecular flexibility index (Phi) is 5.07. The van der Waals surface area contributed by atoms with E-state index >= 15 is 0 Å². The first-order valence-electron chi connectivity index (χ1n) is 11.4. The van der Waals surface area contributed by atoms with Crippen LogP contribution in [0.4, 0.5) is 5.13 Å². The molecule has 0 radical (unpaired) electrons. The Hall–Kier alpha value is -4.10. The van der Waals surface area contributed by atoms with Gasteiger partial charge in [0.1, 0.15) is 11.3 Å². The van der Waals surface area contributed by atoms with E-state index in [4.69, 9.17) is 9.72 Å². The van der Waals surface area contributed by atoms with E-state index in [-0.39, 0.29) is 11.8 Å². The molecule has 1 aliphatic heterocycles. The highest BCUT2D eigenvalue weighted by atomic mass is 32.1. The van der Waals surface area contributed by atoms with Gasteiger partial charge < -0.3 is 10.1 Å². The lowest BCUT2D eigenvalue weighted by molar-refractivity contribution is -0.124. The molecule has 0 saturated carbocycles. The molecule has 0 fully saturated rings. The second kappa shape index (κ2) is 8.29. The fourth-order valence-electron chi connectivity index (χ4n) is 4.74.